The van der Waals surface area contributed by atoms with Gasteiger partial charge in [0.1, 0.15) is 0 Å². The Hall–Kier alpha value is -2.68. The van der Waals surface area contributed by atoms with Gasteiger partial charge in [0.15, 0.2) is 6.10 Å². The minimum absolute atomic E-state index is 0.0135. The molecular weight excluding hydrogens is 282 g/mol. The molecule has 1 aromatic carbocycles. The Kier molecular flexibility index (Phi) is 6.08. The first-order chi connectivity index (χ1) is 9.90. The van der Waals surface area contributed by atoms with E-state index in [4.69, 9.17) is 10.2 Å². The van der Waals surface area contributed by atoms with Crippen molar-refractivity contribution in [2.24, 2.45) is 0 Å². The topological polar surface area (TPSA) is 142 Å². The van der Waals surface area contributed by atoms with Gasteiger partial charge in [-0.2, -0.15) is 0 Å². The van der Waals surface area contributed by atoms with Crippen molar-refractivity contribution < 1.29 is 24.7 Å². The molecular formula is C12H15N3O6. The zero-order chi connectivity index (χ0) is 15.8. The number of carbonyl (C=O) groups is 2. The minimum atomic E-state index is -1.51. The van der Waals surface area contributed by atoms with E-state index >= 15 is 0 Å². The summed E-state index contributed by atoms with van der Waals surface area (Å²) < 4.78 is 0. The number of nitrogens with zero attached hydrogens (tertiary/aromatic N) is 1. The van der Waals surface area contributed by atoms with Gasteiger partial charge < -0.3 is 20.8 Å². The van der Waals surface area contributed by atoms with Gasteiger partial charge in [-0.25, -0.2) is 9.59 Å². The lowest BCUT2D eigenvalue weighted by atomic mass is 10.2. The maximum absolute atomic E-state index is 11.4. The molecule has 0 radical (unpaired) electrons. The van der Waals surface area contributed by atoms with Gasteiger partial charge in [0.2, 0.25) is 0 Å². The van der Waals surface area contributed by atoms with Crippen LogP contribution in [0.25, 0.3) is 0 Å². The second kappa shape index (κ2) is 7.80. The van der Waals surface area contributed by atoms with Gasteiger partial charge in [0.05, 0.1) is 4.92 Å². The largest absolute Gasteiger partial charge is 0.479 e. The number of benzene rings is 1. The highest BCUT2D eigenvalue weighted by Gasteiger charge is 2.12. The highest BCUT2D eigenvalue weighted by Crippen LogP contribution is 2.11. The van der Waals surface area contributed by atoms with E-state index in [2.05, 4.69) is 10.6 Å². The quantitative estimate of drug-likeness (QED) is 0.419. The number of hydrogen-bond acceptors (Lipinski definition) is 5. The summed E-state index contributed by atoms with van der Waals surface area (Å²) in [5.41, 5.74) is 0.646. The first kappa shape index (κ1) is 16.4. The number of hydrogen-bond donors (Lipinski definition) is 4. The molecule has 0 spiro atoms. The van der Waals surface area contributed by atoms with Gasteiger partial charge in [-0.05, 0) is 5.56 Å². The van der Waals surface area contributed by atoms with Crippen LogP contribution in [-0.2, 0) is 11.3 Å². The van der Waals surface area contributed by atoms with Crippen LogP contribution in [0.15, 0.2) is 24.3 Å². The fourth-order valence-electron chi connectivity index (χ4n) is 1.43. The maximum atomic E-state index is 11.4. The average Bonchev–Trinajstić information content (AvgIpc) is 2.45. The standard InChI is InChI=1S/C12H15N3O6/c16-10(11(17)18)5-6-13-12(19)14-7-8-1-3-9(4-2-8)15(20)21/h1-4,10,16H,5-7H2,(H,17,18)(H2,13,14,19). The zero-order valence-corrected chi connectivity index (χ0v) is 11.0. The SMILES string of the molecule is O=C(NCCC(O)C(=O)O)NCc1ccc([N+](=O)[O-])cc1. The Labute approximate surface area is 119 Å². The van der Waals surface area contributed by atoms with Gasteiger partial charge in [-0.3, -0.25) is 10.1 Å². The normalized spacial score (nSPS) is 11.5. The molecule has 9 nitrogen and oxygen atoms in total. The lowest BCUT2D eigenvalue weighted by Crippen LogP contribution is -2.37. The minimum Gasteiger partial charge on any atom is -0.479 e. The van der Waals surface area contributed by atoms with E-state index in [1.165, 1.54) is 24.3 Å². The number of nitro benzene ring substituents is 1. The molecule has 1 unspecified atom stereocenters. The van der Waals surface area contributed by atoms with Crippen LogP contribution in [0.4, 0.5) is 10.5 Å². The smallest absolute Gasteiger partial charge is 0.332 e. The monoisotopic (exact) mass is 297 g/mol. The number of aliphatic carboxylic acids is 1. The molecule has 1 atom stereocenters. The van der Waals surface area contributed by atoms with E-state index in [1.807, 2.05) is 0 Å². The van der Waals surface area contributed by atoms with Crippen LogP contribution in [0, 0.1) is 10.1 Å². The molecule has 0 heterocycles. The van der Waals surface area contributed by atoms with Crippen molar-refractivity contribution in [1.29, 1.82) is 0 Å². The third-order valence-corrected chi connectivity index (χ3v) is 2.59. The summed E-state index contributed by atoms with van der Waals surface area (Å²) in [4.78, 5) is 31.7. The van der Waals surface area contributed by atoms with E-state index in [0.29, 0.717) is 5.56 Å². The lowest BCUT2D eigenvalue weighted by molar-refractivity contribution is -0.384. The molecule has 4 N–H and O–H groups in total. The summed E-state index contributed by atoms with van der Waals surface area (Å²) >= 11 is 0. The molecule has 114 valence electrons. The van der Waals surface area contributed by atoms with Gasteiger partial charge in [-0.15, -0.1) is 0 Å². The van der Waals surface area contributed by atoms with Crippen molar-refractivity contribution in [2.75, 3.05) is 6.54 Å². The number of urea groups is 1. The number of carboxylic acid groups (broad SMARTS) is 1. The average molecular weight is 297 g/mol. The molecule has 9 heteroatoms. The molecule has 0 aromatic heterocycles. The van der Waals surface area contributed by atoms with E-state index in [-0.39, 0.29) is 25.2 Å². The second-order valence-electron chi connectivity index (χ2n) is 4.18. The van der Waals surface area contributed by atoms with Crippen molar-refractivity contribution in [2.45, 2.75) is 19.1 Å². The number of aliphatic hydroxyl groups excluding tert-OH is 1. The molecule has 1 rings (SSSR count). The van der Waals surface area contributed by atoms with Crippen LogP contribution in [0.1, 0.15) is 12.0 Å². The molecule has 21 heavy (non-hydrogen) atoms. The summed E-state index contributed by atoms with van der Waals surface area (Å²) in [5.74, 6) is -1.34. The predicted molar refractivity (Wildman–Crippen MR) is 71.6 cm³/mol. The summed E-state index contributed by atoms with van der Waals surface area (Å²) in [6.45, 7) is 0.185. The third-order valence-electron chi connectivity index (χ3n) is 2.59. The molecule has 0 aliphatic rings. The second-order valence-corrected chi connectivity index (χ2v) is 4.18. The van der Waals surface area contributed by atoms with Gasteiger partial charge in [0.25, 0.3) is 5.69 Å². The van der Waals surface area contributed by atoms with E-state index < -0.39 is 23.0 Å². The third kappa shape index (κ3) is 5.87. The summed E-state index contributed by atoms with van der Waals surface area (Å²) in [7, 11) is 0. The van der Waals surface area contributed by atoms with E-state index in [9.17, 15) is 19.7 Å². The number of non-ortho nitro benzene ring substituents is 1. The summed E-state index contributed by atoms with van der Waals surface area (Å²) in [5, 5.41) is 32.8. The van der Waals surface area contributed by atoms with Crippen LogP contribution < -0.4 is 10.6 Å². The van der Waals surface area contributed by atoms with E-state index in [1.54, 1.807) is 0 Å². The van der Waals surface area contributed by atoms with Crippen LogP contribution in [0.3, 0.4) is 0 Å². The van der Waals surface area contributed by atoms with Crippen molar-refractivity contribution in [1.82, 2.24) is 10.6 Å². The maximum Gasteiger partial charge on any atom is 0.332 e. The molecule has 0 saturated heterocycles. The van der Waals surface area contributed by atoms with Crippen molar-refractivity contribution in [3.05, 3.63) is 39.9 Å². The van der Waals surface area contributed by atoms with Gasteiger partial charge in [0, 0.05) is 31.6 Å². The van der Waals surface area contributed by atoms with Crippen LogP contribution >= 0.6 is 0 Å². The van der Waals surface area contributed by atoms with Crippen LogP contribution in [0.2, 0.25) is 0 Å². The van der Waals surface area contributed by atoms with Gasteiger partial charge in [-0.1, -0.05) is 12.1 Å². The number of rotatable bonds is 7. The number of aliphatic hydroxyl groups is 1. The zero-order valence-electron chi connectivity index (χ0n) is 11.0. The molecule has 2 amide bonds. The fraction of sp³-hybridized carbons (Fsp3) is 0.333. The van der Waals surface area contributed by atoms with Crippen molar-refractivity contribution in [3.63, 3.8) is 0 Å². The molecule has 0 aliphatic heterocycles. The van der Waals surface area contributed by atoms with E-state index in [0.717, 1.165) is 0 Å². The Morgan fingerprint density at radius 2 is 1.86 bits per heavy atom. The molecule has 0 saturated carbocycles. The Balaban J connectivity index is 2.29. The van der Waals surface area contributed by atoms with Crippen LogP contribution in [0.5, 0.6) is 0 Å². The number of carbonyl (C=O) groups excluding carboxylic acids is 1. The molecule has 1 aromatic rings. The Bertz CT molecular complexity index is 516. The number of carboxylic acids is 1. The van der Waals surface area contributed by atoms with Crippen molar-refractivity contribution in [3.8, 4) is 0 Å². The molecule has 0 aliphatic carbocycles. The van der Waals surface area contributed by atoms with Crippen LogP contribution in [-0.4, -0.2) is 39.8 Å². The molecule has 0 bridgehead atoms. The van der Waals surface area contributed by atoms with Gasteiger partial charge >= 0.3 is 12.0 Å². The fourth-order valence-corrected chi connectivity index (χ4v) is 1.43. The Morgan fingerprint density at radius 3 is 2.38 bits per heavy atom. The number of nitrogens with one attached hydrogen (secondary N) is 2. The first-order valence-corrected chi connectivity index (χ1v) is 6.06. The highest BCUT2D eigenvalue weighted by atomic mass is 16.6. The predicted octanol–water partition coefficient (Wildman–Crippen LogP) is 0.230. The molecule has 0 fully saturated rings. The number of amides is 2. The number of nitro groups is 1. The first-order valence-electron chi connectivity index (χ1n) is 6.06. The summed E-state index contributed by atoms with van der Waals surface area (Å²) in [6, 6.07) is 5.18. The summed E-state index contributed by atoms with van der Waals surface area (Å²) in [6.07, 6.45) is -1.61. The highest BCUT2D eigenvalue weighted by molar-refractivity contribution is 5.74. The Morgan fingerprint density at radius 1 is 1.24 bits per heavy atom. The lowest BCUT2D eigenvalue weighted by Gasteiger charge is -2.09. The van der Waals surface area contributed by atoms with Crippen molar-refractivity contribution >= 4 is 17.7 Å².